The number of nitrogens with zero attached hydrogens (tertiary/aromatic N) is 2. The highest BCUT2D eigenvalue weighted by molar-refractivity contribution is 5.35. The minimum absolute atomic E-state index is 0.389. The molecule has 1 fully saturated rings. The Morgan fingerprint density at radius 1 is 1.31 bits per heavy atom. The Balaban J connectivity index is 1.95. The Bertz CT molecular complexity index is 384. The van der Waals surface area contributed by atoms with Gasteiger partial charge in [-0.1, -0.05) is 27.7 Å². The molecule has 1 aromatic rings. The highest BCUT2D eigenvalue weighted by atomic mass is 15.1. The van der Waals surface area contributed by atoms with E-state index in [1.165, 1.54) is 0 Å². The molecule has 4 heteroatoms. The van der Waals surface area contributed by atoms with E-state index in [9.17, 15) is 0 Å². The number of nitrogens with one attached hydrogen (secondary N) is 1. The summed E-state index contributed by atoms with van der Waals surface area (Å²) in [6.45, 7) is 10.1. The maximum atomic E-state index is 5.60. The molecule has 0 aliphatic heterocycles. The van der Waals surface area contributed by atoms with Crippen LogP contribution >= 0.6 is 0 Å². The smallest absolute Gasteiger partial charge is 0.224 e. The summed E-state index contributed by atoms with van der Waals surface area (Å²) in [6, 6.07) is 1.69. The lowest BCUT2D eigenvalue weighted by Gasteiger charge is -2.05. The number of rotatable bonds is 3. The lowest BCUT2D eigenvalue weighted by Crippen LogP contribution is -2.11. The third-order valence-corrected chi connectivity index (χ3v) is 4.46. The molecule has 0 radical (unpaired) electrons. The fourth-order valence-corrected chi connectivity index (χ4v) is 2.49. The predicted octanol–water partition coefficient (Wildman–Crippen LogP) is 2.15. The molecule has 0 bridgehead atoms. The van der Waals surface area contributed by atoms with E-state index in [4.69, 9.17) is 5.73 Å². The van der Waals surface area contributed by atoms with Crippen LogP contribution in [0.4, 0.5) is 11.8 Å². The quantitative estimate of drug-likeness (QED) is 0.819. The van der Waals surface area contributed by atoms with Gasteiger partial charge in [0.05, 0.1) is 0 Å². The molecule has 0 saturated heterocycles. The van der Waals surface area contributed by atoms with E-state index in [1.54, 1.807) is 12.3 Å². The highest BCUT2D eigenvalue weighted by Gasteiger charge is 2.64. The van der Waals surface area contributed by atoms with Crippen molar-refractivity contribution < 1.29 is 0 Å². The predicted molar refractivity (Wildman–Crippen MR) is 66.0 cm³/mol. The minimum atomic E-state index is 0.389. The molecule has 1 aliphatic carbocycles. The molecule has 16 heavy (non-hydrogen) atoms. The van der Waals surface area contributed by atoms with E-state index >= 15 is 0 Å². The second-order valence-electron chi connectivity index (χ2n) is 5.68. The van der Waals surface area contributed by atoms with Crippen molar-refractivity contribution in [1.29, 1.82) is 0 Å². The summed E-state index contributed by atoms with van der Waals surface area (Å²) >= 11 is 0. The van der Waals surface area contributed by atoms with E-state index < -0.39 is 0 Å². The van der Waals surface area contributed by atoms with Crippen molar-refractivity contribution in [3.05, 3.63) is 12.3 Å². The normalized spacial score (nSPS) is 21.8. The molecule has 1 saturated carbocycles. The van der Waals surface area contributed by atoms with Crippen molar-refractivity contribution in [1.82, 2.24) is 9.97 Å². The van der Waals surface area contributed by atoms with E-state index in [2.05, 4.69) is 43.0 Å². The average Bonchev–Trinajstić information content (AvgIpc) is 2.55. The van der Waals surface area contributed by atoms with Gasteiger partial charge < -0.3 is 11.1 Å². The lowest BCUT2D eigenvalue weighted by atomic mass is 10.0. The van der Waals surface area contributed by atoms with Crippen LogP contribution in [0.25, 0.3) is 0 Å². The Labute approximate surface area is 96.7 Å². The van der Waals surface area contributed by atoms with Crippen molar-refractivity contribution in [2.75, 3.05) is 17.6 Å². The fraction of sp³-hybridized carbons (Fsp3) is 0.667. The maximum Gasteiger partial charge on any atom is 0.224 e. The summed E-state index contributed by atoms with van der Waals surface area (Å²) in [5, 5.41) is 3.26. The van der Waals surface area contributed by atoms with Gasteiger partial charge in [0.2, 0.25) is 5.95 Å². The van der Waals surface area contributed by atoms with Crippen LogP contribution in [0.1, 0.15) is 27.7 Å². The van der Waals surface area contributed by atoms with Crippen LogP contribution in [0.3, 0.4) is 0 Å². The van der Waals surface area contributed by atoms with Crippen LogP contribution in [-0.2, 0) is 0 Å². The van der Waals surface area contributed by atoms with Crippen molar-refractivity contribution in [2.24, 2.45) is 16.7 Å². The molecule has 2 rings (SSSR count). The second kappa shape index (κ2) is 3.34. The molecule has 3 N–H and O–H groups in total. The van der Waals surface area contributed by atoms with Gasteiger partial charge in [-0.2, -0.15) is 4.98 Å². The largest absolute Gasteiger partial charge is 0.384 e. The molecular formula is C12H20N4. The highest BCUT2D eigenvalue weighted by Crippen LogP contribution is 2.68. The molecule has 1 aromatic heterocycles. The van der Waals surface area contributed by atoms with Crippen LogP contribution in [0.2, 0.25) is 0 Å². The number of hydrogen-bond donors (Lipinski definition) is 2. The summed E-state index contributed by atoms with van der Waals surface area (Å²) < 4.78 is 0. The van der Waals surface area contributed by atoms with Crippen molar-refractivity contribution in [2.45, 2.75) is 27.7 Å². The first kappa shape index (κ1) is 11.2. The zero-order valence-corrected chi connectivity index (χ0v) is 10.4. The number of nitrogens with two attached hydrogens (primary N) is 1. The van der Waals surface area contributed by atoms with Crippen LogP contribution in [0, 0.1) is 16.7 Å². The van der Waals surface area contributed by atoms with Gasteiger partial charge in [0.1, 0.15) is 5.82 Å². The maximum absolute atomic E-state index is 5.60. The first-order valence-electron chi connectivity index (χ1n) is 5.68. The summed E-state index contributed by atoms with van der Waals surface area (Å²) in [6.07, 6.45) is 1.67. The molecule has 1 heterocycles. The van der Waals surface area contributed by atoms with E-state index in [-0.39, 0.29) is 0 Å². The lowest BCUT2D eigenvalue weighted by molar-refractivity contribution is 0.457. The van der Waals surface area contributed by atoms with Crippen LogP contribution in [0.15, 0.2) is 12.3 Å². The molecular weight excluding hydrogens is 200 g/mol. The summed E-state index contributed by atoms with van der Waals surface area (Å²) in [5.74, 6) is 1.79. The molecule has 0 atom stereocenters. The van der Waals surface area contributed by atoms with E-state index in [1.807, 2.05) is 0 Å². The van der Waals surface area contributed by atoms with Gasteiger partial charge in [-0.15, -0.1) is 0 Å². The minimum Gasteiger partial charge on any atom is -0.384 e. The van der Waals surface area contributed by atoms with Crippen molar-refractivity contribution >= 4 is 11.8 Å². The molecule has 1 aliphatic rings. The Hall–Kier alpha value is -1.32. The summed E-state index contributed by atoms with van der Waals surface area (Å²) in [7, 11) is 0. The van der Waals surface area contributed by atoms with E-state index in [0.29, 0.717) is 28.5 Å². The van der Waals surface area contributed by atoms with Crippen LogP contribution in [0.5, 0.6) is 0 Å². The summed E-state index contributed by atoms with van der Waals surface area (Å²) in [5.41, 5.74) is 6.37. The molecule has 0 unspecified atom stereocenters. The third kappa shape index (κ3) is 1.62. The topological polar surface area (TPSA) is 63.8 Å². The monoisotopic (exact) mass is 220 g/mol. The molecule has 4 nitrogen and oxygen atoms in total. The van der Waals surface area contributed by atoms with Gasteiger partial charge in [0.25, 0.3) is 0 Å². The van der Waals surface area contributed by atoms with Gasteiger partial charge in [0.15, 0.2) is 0 Å². The zero-order chi connectivity index (χ0) is 12.0. The Kier molecular flexibility index (Phi) is 2.33. The molecule has 0 aromatic carbocycles. The van der Waals surface area contributed by atoms with Gasteiger partial charge in [-0.25, -0.2) is 4.98 Å². The molecule has 0 spiro atoms. The Morgan fingerprint density at radius 3 is 2.44 bits per heavy atom. The first-order chi connectivity index (χ1) is 7.35. The fourth-order valence-electron chi connectivity index (χ4n) is 2.49. The first-order valence-corrected chi connectivity index (χ1v) is 5.68. The molecule has 0 amide bonds. The van der Waals surface area contributed by atoms with Gasteiger partial charge >= 0.3 is 0 Å². The SMILES string of the molecule is CC1(C)C(CNc2nccc(N)n2)C1(C)C. The van der Waals surface area contributed by atoms with Crippen LogP contribution in [-0.4, -0.2) is 16.5 Å². The average molecular weight is 220 g/mol. The Morgan fingerprint density at radius 2 is 1.94 bits per heavy atom. The van der Waals surface area contributed by atoms with E-state index in [0.717, 1.165) is 6.54 Å². The van der Waals surface area contributed by atoms with Crippen molar-refractivity contribution in [3.63, 3.8) is 0 Å². The van der Waals surface area contributed by atoms with Gasteiger partial charge in [0, 0.05) is 12.7 Å². The van der Waals surface area contributed by atoms with Crippen molar-refractivity contribution in [3.8, 4) is 0 Å². The van der Waals surface area contributed by atoms with Crippen LogP contribution < -0.4 is 11.1 Å². The summed E-state index contributed by atoms with van der Waals surface area (Å²) in [4.78, 5) is 8.26. The van der Waals surface area contributed by atoms with Gasteiger partial charge in [-0.05, 0) is 22.8 Å². The number of anilines is 2. The number of hydrogen-bond acceptors (Lipinski definition) is 4. The zero-order valence-electron chi connectivity index (χ0n) is 10.4. The number of aromatic nitrogens is 2. The third-order valence-electron chi connectivity index (χ3n) is 4.46. The molecule has 88 valence electrons. The standard InChI is InChI=1S/C12H20N4/c1-11(2)8(12(11,3)4)7-15-10-14-6-5-9(13)16-10/h5-6,8H,7H2,1-4H3,(H3,13,14,15,16). The second-order valence-corrected chi connectivity index (χ2v) is 5.68. The van der Waals surface area contributed by atoms with Gasteiger partial charge in [-0.3, -0.25) is 0 Å². The number of nitrogen functional groups attached to an aromatic ring is 1.